The van der Waals surface area contributed by atoms with E-state index in [1.807, 2.05) is 6.92 Å². The van der Waals surface area contributed by atoms with E-state index in [2.05, 4.69) is 10.2 Å². The Bertz CT molecular complexity index is 540. The molecule has 0 aromatic carbocycles. The minimum atomic E-state index is -0.420. The molecule has 2 fully saturated rings. The number of hydrogen-bond acceptors (Lipinski definition) is 6. The largest absolute Gasteiger partial charge is 0.423 e. The maximum absolute atomic E-state index is 12.7. The topological polar surface area (TPSA) is 77.7 Å². The van der Waals surface area contributed by atoms with Gasteiger partial charge in [0.25, 0.3) is 5.91 Å². The molecule has 2 atom stereocenters. The molecule has 0 unspecified atom stereocenters. The minimum absolute atomic E-state index is 0.0174. The van der Waals surface area contributed by atoms with Gasteiger partial charge < -0.3 is 18.8 Å². The van der Waals surface area contributed by atoms with Crippen molar-refractivity contribution >= 4 is 5.91 Å². The van der Waals surface area contributed by atoms with E-state index in [0.29, 0.717) is 31.5 Å². The molecule has 2 aliphatic rings. The zero-order valence-corrected chi connectivity index (χ0v) is 14.6. The smallest absolute Gasteiger partial charge is 0.251 e. The molecule has 1 aliphatic carbocycles. The van der Waals surface area contributed by atoms with Crippen LogP contribution in [0.5, 0.6) is 0 Å². The van der Waals surface area contributed by atoms with E-state index < -0.39 is 6.10 Å². The van der Waals surface area contributed by atoms with Crippen LogP contribution in [0.2, 0.25) is 0 Å². The van der Waals surface area contributed by atoms with Crippen LogP contribution in [0.15, 0.2) is 4.42 Å². The Kier molecular flexibility index (Phi) is 5.84. The lowest BCUT2D eigenvalue weighted by molar-refractivity contribution is -0.154. The van der Waals surface area contributed by atoms with Crippen LogP contribution >= 0.6 is 0 Å². The molecule has 2 heterocycles. The van der Waals surface area contributed by atoms with Crippen molar-refractivity contribution in [3.05, 3.63) is 11.8 Å². The van der Waals surface area contributed by atoms with E-state index in [1.54, 1.807) is 11.8 Å². The van der Waals surface area contributed by atoms with Crippen molar-refractivity contribution in [2.24, 2.45) is 0 Å². The Hall–Kier alpha value is -1.47. The first kappa shape index (κ1) is 17.4. The summed E-state index contributed by atoms with van der Waals surface area (Å²) >= 11 is 0. The molecule has 134 valence electrons. The van der Waals surface area contributed by atoms with Gasteiger partial charge in [-0.1, -0.05) is 25.7 Å². The fourth-order valence-corrected chi connectivity index (χ4v) is 3.42. The van der Waals surface area contributed by atoms with Crippen LogP contribution in [-0.4, -0.2) is 52.9 Å². The molecule has 7 nitrogen and oxygen atoms in total. The summed E-state index contributed by atoms with van der Waals surface area (Å²) in [5, 5.41) is 7.83. The maximum atomic E-state index is 12.7. The van der Waals surface area contributed by atoms with Crippen LogP contribution in [0.4, 0.5) is 0 Å². The summed E-state index contributed by atoms with van der Waals surface area (Å²) in [7, 11) is 0. The number of ether oxygens (including phenoxy) is 2. The predicted molar refractivity (Wildman–Crippen MR) is 86.3 cm³/mol. The molecule has 0 bridgehead atoms. The fraction of sp³-hybridized carbons (Fsp3) is 0.824. The van der Waals surface area contributed by atoms with Gasteiger partial charge in [0.1, 0.15) is 6.10 Å². The van der Waals surface area contributed by atoms with E-state index in [1.165, 1.54) is 25.7 Å². The second-order valence-electron chi connectivity index (χ2n) is 6.69. The summed E-state index contributed by atoms with van der Waals surface area (Å²) < 4.78 is 17.2. The van der Waals surface area contributed by atoms with Gasteiger partial charge in [-0.25, -0.2) is 0 Å². The third-order valence-corrected chi connectivity index (χ3v) is 4.74. The second-order valence-corrected chi connectivity index (χ2v) is 6.69. The molecule has 7 heteroatoms. The number of amides is 1. The van der Waals surface area contributed by atoms with E-state index >= 15 is 0 Å². The van der Waals surface area contributed by atoms with Crippen molar-refractivity contribution in [2.75, 3.05) is 19.7 Å². The third-order valence-electron chi connectivity index (χ3n) is 4.74. The summed E-state index contributed by atoms with van der Waals surface area (Å²) in [5.74, 6) is 0.952. The molecule has 0 spiro atoms. The Morgan fingerprint density at radius 3 is 2.67 bits per heavy atom. The highest BCUT2D eigenvalue weighted by Gasteiger charge is 2.32. The first-order valence-electron chi connectivity index (χ1n) is 8.99. The SMILES string of the molecule is Cc1nnc([C@@H]2CN(C(=O)[C@@H](C)OC3CCCCCC3)CCO2)o1. The Morgan fingerprint density at radius 1 is 1.25 bits per heavy atom. The number of carbonyl (C=O) groups excluding carboxylic acids is 1. The van der Waals surface area contributed by atoms with Crippen LogP contribution in [0, 0.1) is 6.92 Å². The quantitative estimate of drug-likeness (QED) is 0.785. The number of carbonyl (C=O) groups is 1. The lowest BCUT2D eigenvalue weighted by Crippen LogP contribution is -2.47. The summed E-state index contributed by atoms with van der Waals surface area (Å²) in [5.41, 5.74) is 0. The van der Waals surface area contributed by atoms with Crippen molar-refractivity contribution in [3.63, 3.8) is 0 Å². The normalized spacial score (nSPS) is 24.6. The highest BCUT2D eigenvalue weighted by atomic mass is 16.5. The number of aryl methyl sites for hydroxylation is 1. The molecule has 1 saturated carbocycles. The first-order chi connectivity index (χ1) is 11.6. The Labute approximate surface area is 142 Å². The predicted octanol–water partition coefficient (Wildman–Crippen LogP) is 2.41. The average molecular weight is 337 g/mol. The van der Waals surface area contributed by atoms with Crippen molar-refractivity contribution in [2.45, 2.75) is 70.7 Å². The summed E-state index contributed by atoms with van der Waals surface area (Å²) in [6.07, 6.45) is 6.50. The van der Waals surface area contributed by atoms with E-state index in [4.69, 9.17) is 13.9 Å². The zero-order chi connectivity index (χ0) is 16.9. The number of aromatic nitrogens is 2. The van der Waals surface area contributed by atoms with Gasteiger partial charge in [0.05, 0.1) is 19.3 Å². The number of rotatable bonds is 4. The van der Waals surface area contributed by atoms with Crippen LogP contribution in [0.25, 0.3) is 0 Å². The van der Waals surface area contributed by atoms with E-state index in [9.17, 15) is 4.79 Å². The van der Waals surface area contributed by atoms with Gasteiger partial charge in [-0.05, 0) is 19.8 Å². The van der Waals surface area contributed by atoms with Crippen LogP contribution in [0.1, 0.15) is 63.3 Å². The third kappa shape index (κ3) is 4.33. The van der Waals surface area contributed by atoms with E-state index in [0.717, 1.165) is 12.8 Å². The maximum Gasteiger partial charge on any atom is 0.251 e. The first-order valence-corrected chi connectivity index (χ1v) is 8.99. The van der Waals surface area contributed by atoms with Gasteiger partial charge >= 0.3 is 0 Å². The molecule has 0 radical (unpaired) electrons. The lowest BCUT2D eigenvalue weighted by Gasteiger charge is -2.33. The average Bonchev–Trinajstić information content (AvgIpc) is 2.87. The monoisotopic (exact) mass is 337 g/mol. The van der Waals surface area contributed by atoms with Crippen molar-refractivity contribution in [1.82, 2.24) is 15.1 Å². The van der Waals surface area contributed by atoms with Gasteiger partial charge in [0.2, 0.25) is 11.8 Å². The van der Waals surface area contributed by atoms with Gasteiger partial charge in [-0.3, -0.25) is 4.79 Å². The molecular weight excluding hydrogens is 310 g/mol. The van der Waals surface area contributed by atoms with Gasteiger partial charge in [-0.2, -0.15) is 0 Å². The molecular formula is C17H27N3O4. The lowest BCUT2D eigenvalue weighted by atomic mass is 10.1. The fourth-order valence-electron chi connectivity index (χ4n) is 3.42. The molecule has 1 saturated heterocycles. The summed E-state index contributed by atoms with van der Waals surface area (Å²) in [6.45, 7) is 5.06. The molecule has 0 N–H and O–H groups in total. The molecule has 24 heavy (non-hydrogen) atoms. The van der Waals surface area contributed by atoms with Gasteiger partial charge in [-0.15, -0.1) is 10.2 Å². The van der Waals surface area contributed by atoms with Gasteiger partial charge in [0, 0.05) is 13.5 Å². The number of hydrogen-bond donors (Lipinski definition) is 0. The number of morpholine rings is 1. The van der Waals surface area contributed by atoms with Gasteiger partial charge in [0.15, 0.2) is 6.10 Å². The molecule has 3 rings (SSSR count). The Morgan fingerprint density at radius 2 is 2.00 bits per heavy atom. The molecule has 1 aromatic heterocycles. The minimum Gasteiger partial charge on any atom is -0.423 e. The number of nitrogens with zero attached hydrogens (tertiary/aromatic N) is 3. The van der Waals surface area contributed by atoms with Crippen LogP contribution in [-0.2, 0) is 14.3 Å². The van der Waals surface area contributed by atoms with Crippen molar-refractivity contribution in [3.8, 4) is 0 Å². The highest BCUT2D eigenvalue weighted by molar-refractivity contribution is 5.80. The molecule has 1 aromatic rings. The standard InChI is InChI=1S/C17H27N3O4/c1-12(23-14-7-5-3-4-6-8-14)17(21)20-9-10-22-15(11-20)16-19-18-13(2)24-16/h12,14-15H,3-11H2,1-2H3/t12-,15+/m1/s1. The van der Waals surface area contributed by atoms with Crippen LogP contribution in [0.3, 0.4) is 0 Å². The van der Waals surface area contributed by atoms with Crippen molar-refractivity contribution in [1.29, 1.82) is 0 Å². The van der Waals surface area contributed by atoms with Crippen molar-refractivity contribution < 1.29 is 18.7 Å². The zero-order valence-electron chi connectivity index (χ0n) is 14.6. The highest BCUT2D eigenvalue weighted by Crippen LogP contribution is 2.24. The summed E-state index contributed by atoms with van der Waals surface area (Å²) in [6, 6.07) is 0. The second kappa shape index (κ2) is 8.07. The van der Waals surface area contributed by atoms with E-state index in [-0.39, 0.29) is 18.1 Å². The summed E-state index contributed by atoms with van der Waals surface area (Å²) in [4.78, 5) is 14.5. The van der Waals surface area contributed by atoms with Crippen LogP contribution < -0.4 is 0 Å². The Balaban J connectivity index is 1.55. The molecule has 1 aliphatic heterocycles. The molecule has 1 amide bonds.